The summed E-state index contributed by atoms with van der Waals surface area (Å²) >= 11 is 0. The Labute approximate surface area is 73.6 Å². The molecule has 1 fully saturated rings. The quantitative estimate of drug-likeness (QED) is 0.560. The summed E-state index contributed by atoms with van der Waals surface area (Å²) in [7, 11) is 0. The Morgan fingerprint density at radius 1 is 1.42 bits per heavy atom. The molecule has 0 aromatic carbocycles. The number of carbonyl (C=O) groups is 1. The molecule has 4 nitrogen and oxygen atoms in total. The minimum absolute atomic E-state index is 0.165. The number of aliphatic hydroxyl groups excluding tert-OH is 1. The van der Waals surface area contributed by atoms with Gasteiger partial charge in [0.1, 0.15) is 6.61 Å². The van der Waals surface area contributed by atoms with Crippen molar-refractivity contribution < 1.29 is 9.90 Å². The van der Waals surface area contributed by atoms with Gasteiger partial charge in [-0.1, -0.05) is 13.8 Å². The van der Waals surface area contributed by atoms with Crippen molar-refractivity contribution in [3.8, 4) is 0 Å². The Balaban J connectivity index is 0.000000561. The van der Waals surface area contributed by atoms with Crippen LogP contribution >= 0.6 is 0 Å². The van der Waals surface area contributed by atoms with Crippen molar-refractivity contribution in [2.24, 2.45) is 0 Å². The van der Waals surface area contributed by atoms with Crippen molar-refractivity contribution in [1.82, 2.24) is 10.2 Å². The number of nitrogens with zero attached hydrogens (tertiary/aromatic N) is 1. The van der Waals surface area contributed by atoms with Gasteiger partial charge in [-0.05, 0) is 0 Å². The second kappa shape index (κ2) is 7.06. The first-order valence-corrected chi connectivity index (χ1v) is 4.44. The Hall–Kier alpha value is -0.610. The van der Waals surface area contributed by atoms with Crippen molar-refractivity contribution in [2.45, 2.75) is 13.8 Å². The zero-order chi connectivity index (χ0) is 9.40. The molecule has 1 heterocycles. The summed E-state index contributed by atoms with van der Waals surface area (Å²) in [5, 5.41) is 11.6. The van der Waals surface area contributed by atoms with Gasteiger partial charge in [-0.2, -0.15) is 0 Å². The van der Waals surface area contributed by atoms with E-state index in [2.05, 4.69) is 5.32 Å². The van der Waals surface area contributed by atoms with Gasteiger partial charge < -0.3 is 15.3 Å². The Morgan fingerprint density at radius 2 is 1.92 bits per heavy atom. The number of rotatable bonds is 1. The third-order valence-corrected chi connectivity index (χ3v) is 1.60. The maximum atomic E-state index is 10.8. The van der Waals surface area contributed by atoms with Crippen LogP contribution < -0.4 is 5.32 Å². The molecule has 0 aromatic heterocycles. The van der Waals surface area contributed by atoms with E-state index in [9.17, 15) is 4.79 Å². The third-order valence-electron chi connectivity index (χ3n) is 1.60. The number of carbonyl (C=O) groups excluding carboxylic acids is 1. The number of amides is 1. The molecular weight excluding hydrogens is 156 g/mol. The van der Waals surface area contributed by atoms with Crippen LogP contribution in [0, 0.1) is 0 Å². The molecule has 4 heteroatoms. The van der Waals surface area contributed by atoms with Gasteiger partial charge in [-0.25, -0.2) is 0 Å². The molecule has 2 N–H and O–H groups in total. The number of piperazine rings is 1. The lowest BCUT2D eigenvalue weighted by molar-refractivity contribution is -0.134. The first-order valence-electron chi connectivity index (χ1n) is 4.44. The van der Waals surface area contributed by atoms with Crippen LogP contribution in [0.3, 0.4) is 0 Å². The van der Waals surface area contributed by atoms with Gasteiger partial charge in [0.25, 0.3) is 0 Å². The fourth-order valence-corrected chi connectivity index (χ4v) is 1.01. The molecule has 72 valence electrons. The van der Waals surface area contributed by atoms with E-state index in [1.165, 1.54) is 0 Å². The van der Waals surface area contributed by atoms with E-state index in [-0.39, 0.29) is 12.5 Å². The molecule has 1 rings (SSSR count). The highest BCUT2D eigenvalue weighted by atomic mass is 16.3. The van der Waals surface area contributed by atoms with Gasteiger partial charge >= 0.3 is 0 Å². The van der Waals surface area contributed by atoms with Gasteiger partial charge in [-0.3, -0.25) is 4.79 Å². The van der Waals surface area contributed by atoms with E-state index in [1.807, 2.05) is 13.8 Å². The Bertz CT molecular complexity index is 122. The molecule has 0 bridgehead atoms. The molecule has 0 spiro atoms. The average molecular weight is 174 g/mol. The molecule has 0 saturated carbocycles. The molecule has 1 amide bonds. The van der Waals surface area contributed by atoms with E-state index < -0.39 is 0 Å². The second-order valence-electron chi connectivity index (χ2n) is 2.29. The maximum Gasteiger partial charge on any atom is 0.248 e. The van der Waals surface area contributed by atoms with Gasteiger partial charge in [0.05, 0.1) is 0 Å². The number of nitrogens with one attached hydrogen (secondary N) is 1. The van der Waals surface area contributed by atoms with Crippen molar-refractivity contribution >= 4 is 5.91 Å². The second-order valence-corrected chi connectivity index (χ2v) is 2.29. The summed E-state index contributed by atoms with van der Waals surface area (Å²) in [5.41, 5.74) is 0. The van der Waals surface area contributed by atoms with Crippen LogP contribution in [0.2, 0.25) is 0 Å². The topological polar surface area (TPSA) is 52.6 Å². The minimum atomic E-state index is -0.361. The predicted octanol–water partition coefficient (Wildman–Crippen LogP) is -0.563. The van der Waals surface area contributed by atoms with E-state index in [0.717, 1.165) is 26.2 Å². The van der Waals surface area contributed by atoms with Crippen LogP contribution in [0.15, 0.2) is 0 Å². The highest BCUT2D eigenvalue weighted by Crippen LogP contribution is 1.91. The molecule has 1 saturated heterocycles. The first-order chi connectivity index (χ1) is 5.84. The average Bonchev–Trinajstić information content (AvgIpc) is 2.21. The molecule has 1 aliphatic rings. The fourth-order valence-electron chi connectivity index (χ4n) is 1.01. The zero-order valence-corrected chi connectivity index (χ0v) is 7.84. The zero-order valence-electron chi connectivity index (χ0n) is 7.84. The lowest BCUT2D eigenvalue weighted by Crippen LogP contribution is -2.47. The van der Waals surface area contributed by atoms with Crippen molar-refractivity contribution in [1.29, 1.82) is 0 Å². The van der Waals surface area contributed by atoms with Crippen LogP contribution in [0.5, 0.6) is 0 Å². The van der Waals surface area contributed by atoms with Gasteiger partial charge in [0.15, 0.2) is 0 Å². The number of hydrogen-bond donors (Lipinski definition) is 2. The van der Waals surface area contributed by atoms with Crippen LogP contribution in [0.25, 0.3) is 0 Å². The van der Waals surface area contributed by atoms with Crippen LogP contribution in [0.1, 0.15) is 13.8 Å². The molecule has 0 aromatic rings. The largest absolute Gasteiger partial charge is 0.387 e. The van der Waals surface area contributed by atoms with E-state index in [0.29, 0.717) is 0 Å². The monoisotopic (exact) mass is 174 g/mol. The predicted molar refractivity (Wildman–Crippen MR) is 47.9 cm³/mol. The maximum absolute atomic E-state index is 10.8. The molecular formula is C8H18N2O2. The summed E-state index contributed by atoms with van der Waals surface area (Å²) in [6.45, 7) is 6.76. The minimum Gasteiger partial charge on any atom is -0.387 e. The molecule has 1 aliphatic heterocycles. The van der Waals surface area contributed by atoms with Gasteiger partial charge in [0.2, 0.25) is 5.91 Å². The third kappa shape index (κ3) is 3.69. The smallest absolute Gasteiger partial charge is 0.248 e. The fraction of sp³-hybridized carbons (Fsp3) is 0.875. The molecule has 12 heavy (non-hydrogen) atoms. The van der Waals surface area contributed by atoms with Crippen molar-refractivity contribution in [3.63, 3.8) is 0 Å². The molecule has 0 atom stereocenters. The molecule has 0 unspecified atom stereocenters. The first kappa shape index (κ1) is 11.4. The highest BCUT2D eigenvalue weighted by molar-refractivity contribution is 5.77. The lowest BCUT2D eigenvalue weighted by atomic mass is 10.3. The number of aliphatic hydroxyl groups is 1. The summed E-state index contributed by atoms with van der Waals surface area (Å²) in [5.74, 6) is -0.165. The number of hydrogen-bond acceptors (Lipinski definition) is 3. The summed E-state index contributed by atoms with van der Waals surface area (Å²) < 4.78 is 0. The van der Waals surface area contributed by atoms with E-state index in [1.54, 1.807) is 4.90 Å². The van der Waals surface area contributed by atoms with Gasteiger partial charge in [-0.15, -0.1) is 0 Å². The normalized spacial score (nSPS) is 16.4. The van der Waals surface area contributed by atoms with Crippen molar-refractivity contribution in [3.05, 3.63) is 0 Å². The van der Waals surface area contributed by atoms with Crippen LogP contribution in [0.4, 0.5) is 0 Å². The van der Waals surface area contributed by atoms with Gasteiger partial charge in [0, 0.05) is 26.2 Å². The van der Waals surface area contributed by atoms with E-state index >= 15 is 0 Å². The SMILES string of the molecule is CC.O=C(CO)N1CCNCC1. The van der Waals surface area contributed by atoms with Crippen molar-refractivity contribution in [2.75, 3.05) is 32.8 Å². The Kier molecular flexibility index (Phi) is 6.70. The Morgan fingerprint density at radius 3 is 2.33 bits per heavy atom. The summed E-state index contributed by atoms with van der Waals surface area (Å²) in [4.78, 5) is 12.5. The molecule has 0 aliphatic carbocycles. The molecule has 0 radical (unpaired) electrons. The standard InChI is InChI=1S/C6H12N2O2.C2H6/c9-5-6(10)8-3-1-7-2-4-8;1-2/h7,9H,1-5H2;1-2H3. The lowest BCUT2D eigenvalue weighted by Gasteiger charge is -2.26. The van der Waals surface area contributed by atoms with E-state index in [4.69, 9.17) is 5.11 Å². The van der Waals surface area contributed by atoms with Crippen LogP contribution in [-0.4, -0.2) is 48.7 Å². The van der Waals surface area contributed by atoms with Crippen LogP contribution in [-0.2, 0) is 4.79 Å². The summed E-state index contributed by atoms with van der Waals surface area (Å²) in [6.07, 6.45) is 0. The highest BCUT2D eigenvalue weighted by Gasteiger charge is 2.13. The summed E-state index contributed by atoms with van der Waals surface area (Å²) in [6, 6.07) is 0.